The number of imidazole rings is 1. The Hall–Kier alpha value is -2.93. The molecule has 4 rings (SSSR count). The van der Waals surface area contributed by atoms with Crippen LogP contribution in [0.25, 0.3) is 11.2 Å². The van der Waals surface area contributed by atoms with E-state index in [1.807, 2.05) is 0 Å². The van der Waals surface area contributed by atoms with Gasteiger partial charge in [0, 0.05) is 6.07 Å². The highest BCUT2D eigenvalue weighted by Crippen LogP contribution is 2.33. The predicted molar refractivity (Wildman–Crippen MR) is 89.2 cm³/mol. The highest BCUT2D eigenvalue weighted by atomic mass is 19.1. The summed E-state index contributed by atoms with van der Waals surface area (Å²) < 4.78 is 38.8. The molecule has 1 aliphatic rings. The van der Waals surface area contributed by atoms with Crippen LogP contribution in [0.5, 0.6) is 11.8 Å². The lowest BCUT2D eigenvalue weighted by molar-refractivity contribution is -0.0511. The topological polar surface area (TPSA) is 149 Å². The van der Waals surface area contributed by atoms with E-state index in [4.69, 9.17) is 15.2 Å². The van der Waals surface area contributed by atoms with Crippen LogP contribution in [0, 0.1) is 11.6 Å². The van der Waals surface area contributed by atoms with E-state index in [-0.39, 0.29) is 28.7 Å². The standard InChI is InChI=1S/C16H15F2N5O5/c17-6-1-2-8(7(18)3-6)28-16-21-13(19)10-14(22-16)23(5-20-10)15-12(26)11(25)9(4-24)27-15/h1-3,5,9,11-12,15,24-26H,4H2,(H2,19,21,22)/t9-,11-,12-,15-/m1/s1. The fourth-order valence-corrected chi connectivity index (χ4v) is 2.92. The third kappa shape index (κ3) is 3.01. The molecule has 1 aliphatic heterocycles. The fourth-order valence-electron chi connectivity index (χ4n) is 2.92. The number of ether oxygens (including phenoxy) is 2. The molecule has 0 aliphatic carbocycles. The van der Waals surface area contributed by atoms with Gasteiger partial charge >= 0.3 is 6.01 Å². The Bertz CT molecular complexity index is 1030. The maximum atomic E-state index is 13.8. The van der Waals surface area contributed by atoms with Gasteiger partial charge in [0.25, 0.3) is 0 Å². The summed E-state index contributed by atoms with van der Waals surface area (Å²) in [5.74, 6) is -2.14. The molecule has 0 saturated carbocycles. The SMILES string of the molecule is Nc1nc(Oc2ccc(F)cc2F)nc2c1ncn2[C@@H]1O[C@H](CO)[C@@H](O)[C@H]1O. The third-order valence-corrected chi connectivity index (χ3v) is 4.31. The zero-order chi connectivity index (χ0) is 20.0. The molecule has 2 aromatic heterocycles. The van der Waals surface area contributed by atoms with Crippen molar-refractivity contribution in [1.29, 1.82) is 0 Å². The van der Waals surface area contributed by atoms with Crippen LogP contribution in [0.1, 0.15) is 6.23 Å². The van der Waals surface area contributed by atoms with Gasteiger partial charge in [0.2, 0.25) is 0 Å². The van der Waals surface area contributed by atoms with Crippen molar-refractivity contribution in [1.82, 2.24) is 19.5 Å². The maximum absolute atomic E-state index is 13.8. The van der Waals surface area contributed by atoms with Crippen molar-refractivity contribution < 1.29 is 33.6 Å². The van der Waals surface area contributed by atoms with Gasteiger partial charge in [-0.25, -0.2) is 13.8 Å². The number of hydrogen-bond donors (Lipinski definition) is 4. The first-order valence-electron chi connectivity index (χ1n) is 8.14. The summed E-state index contributed by atoms with van der Waals surface area (Å²) in [6.07, 6.45) is -3.54. The van der Waals surface area contributed by atoms with Crippen molar-refractivity contribution in [3.05, 3.63) is 36.2 Å². The van der Waals surface area contributed by atoms with Gasteiger partial charge in [0.1, 0.15) is 24.1 Å². The zero-order valence-corrected chi connectivity index (χ0v) is 14.1. The van der Waals surface area contributed by atoms with E-state index < -0.39 is 42.8 Å². The van der Waals surface area contributed by atoms with E-state index in [0.717, 1.165) is 12.1 Å². The fraction of sp³-hybridized carbons (Fsp3) is 0.312. The number of rotatable bonds is 4. The minimum Gasteiger partial charge on any atom is -0.421 e. The van der Waals surface area contributed by atoms with Crippen molar-refractivity contribution in [3.8, 4) is 11.8 Å². The average Bonchev–Trinajstić information content (AvgIpc) is 3.19. The number of fused-ring (bicyclic) bond motifs is 1. The second kappa shape index (κ2) is 6.91. The Morgan fingerprint density at radius 1 is 1.21 bits per heavy atom. The molecular formula is C16H15F2N5O5. The second-order valence-corrected chi connectivity index (χ2v) is 6.12. The summed E-state index contributed by atoms with van der Waals surface area (Å²) in [5.41, 5.74) is 6.09. The van der Waals surface area contributed by atoms with Gasteiger partial charge < -0.3 is 30.5 Å². The van der Waals surface area contributed by atoms with Crippen LogP contribution >= 0.6 is 0 Å². The Labute approximate surface area is 155 Å². The molecule has 0 unspecified atom stereocenters. The van der Waals surface area contributed by atoms with Crippen molar-refractivity contribution >= 4 is 17.0 Å². The number of aromatic nitrogens is 4. The van der Waals surface area contributed by atoms with E-state index in [2.05, 4.69) is 15.0 Å². The number of nitrogens with two attached hydrogens (primary N) is 1. The van der Waals surface area contributed by atoms with Crippen molar-refractivity contribution in [2.24, 2.45) is 0 Å². The molecule has 1 aromatic carbocycles. The van der Waals surface area contributed by atoms with E-state index in [9.17, 15) is 24.1 Å². The Balaban J connectivity index is 1.73. The summed E-state index contributed by atoms with van der Waals surface area (Å²) in [6.45, 7) is -0.503. The summed E-state index contributed by atoms with van der Waals surface area (Å²) in [6, 6.07) is 2.37. The predicted octanol–water partition coefficient (Wildman–Crippen LogP) is 0.0905. The lowest BCUT2D eigenvalue weighted by atomic mass is 10.1. The van der Waals surface area contributed by atoms with Crippen LogP contribution in [-0.4, -0.2) is 59.8 Å². The number of aliphatic hydroxyl groups is 3. The minimum atomic E-state index is -1.37. The molecule has 10 nitrogen and oxygen atoms in total. The number of anilines is 1. The number of nitrogens with zero attached hydrogens (tertiary/aromatic N) is 4. The second-order valence-electron chi connectivity index (χ2n) is 6.12. The Morgan fingerprint density at radius 3 is 2.68 bits per heavy atom. The molecule has 3 heterocycles. The molecule has 4 atom stereocenters. The first-order valence-corrected chi connectivity index (χ1v) is 8.14. The molecule has 1 saturated heterocycles. The quantitative estimate of drug-likeness (QED) is 0.482. The number of benzene rings is 1. The summed E-state index contributed by atoms with van der Waals surface area (Å²) >= 11 is 0. The van der Waals surface area contributed by atoms with Gasteiger partial charge in [-0.05, 0) is 12.1 Å². The van der Waals surface area contributed by atoms with Gasteiger partial charge in [-0.2, -0.15) is 9.97 Å². The summed E-state index contributed by atoms with van der Waals surface area (Å²) in [4.78, 5) is 12.0. The molecule has 12 heteroatoms. The third-order valence-electron chi connectivity index (χ3n) is 4.31. The van der Waals surface area contributed by atoms with Crippen LogP contribution in [0.15, 0.2) is 24.5 Å². The smallest absolute Gasteiger partial charge is 0.326 e. The molecule has 1 fully saturated rings. The number of nitrogen functional groups attached to an aromatic ring is 1. The number of aliphatic hydroxyl groups excluding tert-OH is 3. The highest BCUT2D eigenvalue weighted by Gasteiger charge is 2.44. The van der Waals surface area contributed by atoms with Crippen molar-refractivity contribution in [2.75, 3.05) is 12.3 Å². The van der Waals surface area contributed by atoms with Gasteiger partial charge in [0.05, 0.1) is 12.9 Å². The van der Waals surface area contributed by atoms with E-state index in [1.165, 1.54) is 10.9 Å². The zero-order valence-electron chi connectivity index (χ0n) is 14.1. The summed E-state index contributed by atoms with van der Waals surface area (Å²) in [7, 11) is 0. The van der Waals surface area contributed by atoms with E-state index >= 15 is 0 Å². The molecule has 0 bridgehead atoms. The van der Waals surface area contributed by atoms with Crippen LogP contribution < -0.4 is 10.5 Å². The summed E-state index contributed by atoms with van der Waals surface area (Å²) in [5, 5.41) is 29.4. The molecule has 148 valence electrons. The van der Waals surface area contributed by atoms with Crippen LogP contribution in [0.4, 0.5) is 14.6 Å². The molecular weight excluding hydrogens is 380 g/mol. The van der Waals surface area contributed by atoms with E-state index in [1.54, 1.807) is 0 Å². The molecule has 0 amide bonds. The monoisotopic (exact) mass is 395 g/mol. The normalized spacial score (nSPS) is 24.8. The molecule has 0 radical (unpaired) electrons. The van der Waals surface area contributed by atoms with Crippen molar-refractivity contribution in [3.63, 3.8) is 0 Å². The number of halogens is 2. The van der Waals surface area contributed by atoms with E-state index in [0.29, 0.717) is 6.07 Å². The van der Waals surface area contributed by atoms with Crippen LogP contribution in [0.3, 0.4) is 0 Å². The Kier molecular flexibility index (Phi) is 4.55. The van der Waals surface area contributed by atoms with Gasteiger partial charge in [-0.15, -0.1) is 0 Å². The average molecular weight is 395 g/mol. The highest BCUT2D eigenvalue weighted by molar-refractivity contribution is 5.82. The largest absolute Gasteiger partial charge is 0.421 e. The number of hydrogen-bond acceptors (Lipinski definition) is 9. The minimum absolute atomic E-state index is 0.0832. The van der Waals surface area contributed by atoms with Gasteiger partial charge in [-0.3, -0.25) is 4.57 Å². The molecule has 0 spiro atoms. The molecule has 3 aromatic rings. The van der Waals surface area contributed by atoms with Crippen LogP contribution in [0.2, 0.25) is 0 Å². The first-order chi connectivity index (χ1) is 13.4. The van der Waals surface area contributed by atoms with Crippen LogP contribution in [-0.2, 0) is 4.74 Å². The molecule has 28 heavy (non-hydrogen) atoms. The lowest BCUT2D eigenvalue weighted by Crippen LogP contribution is -2.33. The van der Waals surface area contributed by atoms with Gasteiger partial charge in [-0.1, -0.05) is 0 Å². The maximum Gasteiger partial charge on any atom is 0.326 e. The van der Waals surface area contributed by atoms with Crippen molar-refractivity contribution in [2.45, 2.75) is 24.5 Å². The molecule has 5 N–H and O–H groups in total. The van der Waals surface area contributed by atoms with Gasteiger partial charge in [0.15, 0.2) is 34.8 Å². The Morgan fingerprint density at radius 2 is 2.00 bits per heavy atom. The first kappa shape index (κ1) is 18.4. The lowest BCUT2D eigenvalue weighted by Gasteiger charge is -2.16.